The van der Waals surface area contributed by atoms with Crippen molar-refractivity contribution in [3.05, 3.63) is 148 Å². The van der Waals surface area contributed by atoms with Crippen LogP contribution in [0, 0.1) is 5.92 Å². The van der Waals surface area contributed by atoms with Gasteiger partial charge in [0.1, 0.15) is 28.7 Å². The summed E-state index contributed by atoms with van der Waals surface area (Å²) < 4.78 is 29.7. The standard InChI is InChI=1S/C47H50N2O7/c1-29(2)49(45(50)32-11-9-8-10-12-32)40-22-21-38-41(33-16-15-31-23-24-55-39(31)26-33)43(46(51)56-47(3,4)5)42(44(38)48-40)37-20-19-36(53-7)25-34(37)28-54-27-30-13-17-35(52-6)18-14-30/h8-22,25-26,29,41-43H,23-24,27-28H2,1-7H3/t41-,42-,43+/m0/s1. The number of carbonyl (C=O) groups is 2. The van der Waals surface area contributed by atoms with Crippen LogP contribution in [0.2, 0.25) is 0 Å². The highest BCUT2D eigenvalue weighted by molar-refractivity contribution is 6.06. The first kappa shape index (κ1) is 38.6. The number of anilines is 1. The number of fused-ring (bicyclic) bond motifs is 2. The molecule has 0 unspecified atom stereocenters. The van der Waals surface area contributed by atoms with E-state index in [1.165, 1.54) is 0 Å². The Morgan fingerprint density at radius 1 is 0.821 bits per heavy atom. The number of hydrogen-bond donors (Lipinski definition) is 0. The molecule has 1 aliphatic heterocycles. The molecular formula is C47H50N2O7. The molecule has 9 heteroatoms. The molecule has 1 amide bonds. The van der Waals surface area contributed by atoms with Crippen molar-refractivity contribution in [2.45, 2.75) is 77.7 Å². The molecule has 4 aromatic carbocycles. The van der Waals surface area contributed by atoms with Crippen molar-refractivity contribution in [3.8, 4) is 17.2 Å². The van der Waals surface area contributed by atoms with Crippen LogP contribution in [0.4, 0.5) is 5.82 Å². The van der Waals surface area contributed by atoms with E-state index < -0.39 is 23.4 Å². The highest BCUT2D eigenvalue weighted by atomic mass is 16.6. The van der Waals surface area contributed by atoms with Gasteiger partial charge in [-0.1, -0.05) is 54.6 Å². The van der Waals surface area contributed by atoms with Gasteiger partial charge in [-0.25, -0.2) is 4.98 Å². The maximum atomic E-state index is 14.8. The van der Waals surface area contributed by atoms with Gasteiger partial charge in [0.2, 0.25) is 0 Å². The van der Waals surface area contributed by atoms with Gasteiger partial charge in [0.15, 0.2) is 0 Å². The van der Waals surface area contributed by atoms with E-state index in [1.54, 1.807) is 19.1 Å². The Morgan fingerprint density at radius 3 is 2.23 bits per heavy atom. The molecule has 9 nitrogen and oxygen atoms in total. The first-order valence-corrected chi connectivity index (χ1v) is 19.2. The zero-order valence-electron chi connectivity index (χ0n) is 33.2. The van der Waals surface area contributed by atoms with Crippen molar-refractivity contribution >= 4 is 17.7 Å². The minimum atomic E-state index is -0.749. The summed E-state index contributed by atoms with van der Waals surface area (Å²) in [5.41, 5.74) is 6.21. The Morgan fingerprint density at radius 2 is 1.54 bits per heavy atom. The summed E-state index contributed by atoms with van der Waals surface area (Å²) in [6.07, 6.45) is 0.839. The topological polar surface area (TPSA) is 96.4 Å². The lowest BCUT2D eigenvalue weighted by Gasteiger charge is -2.30. The molecule has 290 valence electrons. The number of carbonyl (C=O) groups excluding carboxylic acids is 2. The second-order valence-corrected chi connectivity index (χ2v) is 15.7. The SMILES string of the molecule is COc1ccc(COCc2cc(OC)ccc2[C@@H]2c3nc(N(C(=O)c4ccccc4)C(C)C)ccc3[C@H](c3ccc4c(c3)OCC4)[C@H]2C(=O)OC(C)(C)C)cc1. The summed E-state index contributed by atoms with van der Waals surface area (Å²) in [5.74, 6) is 0.579. The number of ether oxygens (including phenoxy) is 5. The molecule has 1 aromatic heterocycles. The number of nitrogens with zero attached hydrogens (tertiary/aromatic N) is 2. The van der Waals surface area contributed by atoms with Crippen molar-refractivity contribution < 1.29 is 33.3 Å². The zero-order chi connectivity index (χ0) is 39.6. The number of amides is 1. The number of pyridine rings is 1. The van der Waals surface area contributed by atoms with E-state index in [0.29, 0.717) is 36.0 Å². The van der Waals surface area contributed by atoms with Gasteiger partial charge in [-0.3, -0.25) is 14.5 Å². The molecule has 0 saturated carbocycles. The lowest BCUT2D eigenvalue weighted by molar-refractivity contribution is -0.160. The molecule has 0 fully saturated rings. The van der Waals surface area contributed by atoms with Crippen LogP contribution in [0.3, 0.4) is 0 Å². The first-order valence-electron chi connectivity index (χ1n) is 19.2. The molecule has 0 radical (unpaired) electrons. The van der Waals surface area contributed by atoms with Gasteiger partial charge in [-0.15, -0.1) is 0 Å². The molecule has 2 heterocycles. The highest BCUT2D eigenvalue weighted by Gasteiger charge is 2.50. The molecule has 0 spiro atoms. The Kier molecular flexibility index (Phi) is 11.2. The second kappa shape index (κ2) is 16.2. The van der Waals surface area contributed by atoms with Crippen LogP contribution < -0.4 is 19.1 Å². The molecule has 5 aromatic rings. The van der Waals surface area contributed by atoms with Gasteiger partial charge >= 0.3 is 5.97 Å². The zero-order valence-corrected chi connectivity index (χ0v) is 33.2. The van der Waals surface area contributed by atoms with Gasteiger partial charge in [-0.05, 0) is 117 Å². The summed E-state index contributed by atoms with van der Waals surface area (Å²) in [6.45, 7) is 10.8. The smallest absolute Gasteiger partial charge is 0.311 e. The van der Waals surface area contributed by atoms with E-state index in [2.05, 4.69) is 18.2 Å². The number of aromatic nitrogens is 1. The fraction of sp³-hybridized carbons (Fsp3) is 0.340. The Balaban J connectivity index is 1.39. The molecule has 3 atom stereocenters. The third-order valence-electron chi connectivity index (χ3n) is 10.4. The largest absolute Gasteiger partial charge is 0.497 e. The number of esters is 1. The summed E-state index contributed by atoms with van der Waals surface area (Å²) in [4.78, 5) is 36.0. The lowest BCUT2D eigenvalue weighted by Crippen LogP contribution is -2.38. The lowest BCUT2D eigenvalue weighted by atomic mass is 9.78. The molecule has 1 aliphatic carbocycles. The Labute approximate surface area is 329 Å². The fourth-order valence-electron chi connectivity index (χ4n) is 7.88. The van der Waals surface area contributed by atoms with E-state index in [4.69, 9.17) is 28.7 Å². The number of methoxy groups -OCH3 is 2. The average Bonchev–Trinajstić information content (AvgIpc) is 3.80. The van der Waals surface area contributed by atoms with Gasteiger partial charge in [0.05, 0.1) is 45.7 Å². The molecule has 0 saturated heterocycles. The normalized spacial score (nSPS) is 17.2. The van der Waals surface area contributed by atoms with Gasteiger partial charge < -0.3 is 23.7 Å². The second-order valence-electron chi connectivity index (χ2n) is 15.7. The van der Waals surface area contributed by atoms with Gasteiger partial charge in [0.25, 0.3) is 5.91 Å². The molecule has 2 aliphatic rings. The van der Waals surface area contributed by atoms with Crippen LogP contribution in [-0.2, 0) is 33.9 Å². The summed E-state index contributed by atoms with van der Waals surface area (Å²) >= 11 is 0. The van der Waals surface area contributed by atoms with Crippen LogP contribution in [0.25, 0.3) is 0 Å². The van der Waals surface area contributed by atoms with Crippen molar-refractivity contribution in [2.75, 3.05) is 25.7 Å². The maximum Gasteiger partial charge on any atom is 0.311 e. The average molecular weight is 755 g/mol. The van der Waals surface area contributed by atoms with Crippen molar-refractivity contribution in [2.24, 2.45) is 5.92 Å². The van der Waals surface area contributed by atoms with Crippen LogP contribution >= 0.6 is 0 Å². The van der Waals surface area contributed by atoms with Gasteiger partial charge in [0, 0.05) is 29.9 Å². The molecule has 7 rings (SSSR count). The van der Waals surface area contributed by atoms with Crippen LogP contribution in [0.1, 0.15) is 95.9 Å². The van der Waals surface area contributed by atoms with E-state index in [1.807, 2.05) is 120 Å². The molecule has 0 N–H and O–H groups in total. The molecular weight excluding hydrogens is 705 g/mol. The Bertz CT molecular complexity index is 2190. The summed E-state index contributed by atoms with van der Waals surface area (Å²) in [6, 6.07) is 32.9. The number of hydrogen-bond acceptors (Lipinski definition) is 8. The minimum Gasteiger partial charge on any atom is -0.497 e. The maximum absolute atomic E-state index is 14.8. The summed E-state index contributed by atoms with van der Waals surface area (Å²) in [5, 5.41) is 0. The predicted octanol–water partition coefficient (Wildman–Crippen LogP) is 9.04. The monoisotopic (exact) mass is 754 g/mol. The van der Waals surface area contributed by atoms with E-state index >= 15 is 0 Å². The molecule has 0 bridgehead atoms. The fourth-order valence-corrected chi connectivity index (χ4v) is 7.88. The third-order valence-corrected chi connectivity index (χ3v) is 10.4. The van der Waals surface area contributed by atoms with E-state index in [9.17, 15) is 9.59 Å². The van der Waals surface area contributed by atoms with Gasteiger partial charge in [-0.2, -0.15) is 0 Å². The molecule has 56 heavy (non-hydrogen) atoms. The highest BCUT2D eigenvalue weighted by Crippen LogP contribution is 2.54. The first-order chi connectivity index (χ1) is 27.0. The van der Waals surface area contributed by atoms with E-state index in [-0.39, 0.29) is 24.5 Å². The number of benzene rings is 4. The van der Waals surface area contributed by atoms with Crippen LogP contribution in [0.5, 0.6) is 17.2 Å². The quantitative estimate of drug-likeness (QED) is 0.117. The minimum absolute atomic E-state index is 0.157. The third kappa shape index (κ3) is 8.00. The Hall–Kier alpha value is -5.67. The van der Waals surface area contributed by atoms with Crippen molar-refractivity contribution in [1.82, 2.24) is 4.98 Å². The van der Waals surface area contributed by atoms with Crippen molar-refractivity contribution in [3.63, 3.8) is 0 Å². The van der Waals surface area contributed by atoms with Crippen LogP contribution in [0.15, 0.2) is 103 Å². The summed E-state index contributed by atoms with van der Waals surface area (Å²) in [7, 11) is 3.28. The van der Waals surface area contributed by atoms with Crippen molar-refractivity contribution in [1.29, 1.82) is 0 Å². The van der Waals surface area contributed by atoms with Crippen LogP contribution in [-0.4, -0.2) is 49.3 Å². The number of rotatable bonds is 12. The van der Waals surface area contributed by atoms with E-state index in [0.717, 1.165) is 51.3 Å². The predicted molar refractivity (Wildman–Crippen MR) is 216 cm³/mol.